The predicted molar refractivity (Wildman–Crippen MR) is 147 cm³/mol. The van der Waals surface area contributed by atoms with Crippen LogP contribution in [0.5, 0.6) is 0 Å². The third kappa shape index (κ3) is 6.35. The number of hydrogen-bond acceptors (Lipinski definition) is 6. The molecule has 3 heterocycles. The standard InChI is InChI=1S/C31H33ClF2N2O4/c1-30(2,20-4-3-5-21(32)12-20)15-24(37)16-31(18-36(19-31)23-8-10-39-11-9-23)17-28(38)27-14-29(40-35-27)25-7-6-22(33)13-26(25)34/h3-7,12-14,23H,8-11,15-19H2,1-2H3. The zero-order chi connectivity index (χ0) is 28.5. The summed E-state index contributed by atoms with van der Waals surface area (Å²) in [5, 5.41) is 4.51. The Labute approximate surface area is 237 Å². The van der Waals surface area contributed by atoms with Gasteiger partial charge < -0.3 is 9.26 Å². The van der Waals surface area contributed by atoms with Crippen LogP contribution >= 0.6 is 11.6 Å². The summed E-state index contributed by atoms with van der Waals surface area (Å²) in [6, 6.07) is 12.4. The van der Waals surface area contributed by atoms with Crippen molar-refractivity contribution < 1.29 is 27.6 Å². The summed E-state index contributed by atoms with van der Waals surface area (Å²) in [6.07, 6.45) is 2.55. The Kier molecular flexibility index (Phi) is 8.22. The minimum absolute atomic E-state index is 0.0235. The average molecular weight is 571 g/mol. The second-order valence-corrected chi connectivity index (χ2v) is 12.3. The van der Waals surface area contributed by atoms with Crippen LogP contribution in [0, 0.1) is 17.0 Å². The Morgan fingerprint density at radius 3 is 2.52 bits per heavy atom. The summed E-state index contributed by atoms with van der Waals surface area (Å²) in [7, 11) is 0. The fraction of sp³-hybridized carbons (Fsp3) is 0.452. The van der Waals surface area contributed by atoms with Crippen molar-refractivity contribution in [3.05, 3.63) is 76.4 Å². The van der Waals surface area contributed by atoms with Gasteiger partial charge >= 0.3 is 0 Å². The maximum atomic E-state index is 14.3. The Morgan fingerprint density at radius 2 is 1.82 bits per heavy atom. The molecule has 212 valence electrons. The second-order valence-electron chi connectivity index (χ2n) is 11.8. The van der Waals surface area contributed by atoms with Gasteiger partial charge in [-0.3, -0.25) is 14.5 Å². The maximum Gasteiger partial charge on any atom is 0.185 e. The lowest BCUT2D eigenvalue weighted by Crippen LogP contribution is -2.62. The average Bonchev–Trinajstić information content (AvgIpc) is 3.37. The number of aromatic nitrogens is 1. The predicted octanol–water partition coefficient (Wildman–Crippen LogP) is 6.65. The van der Waals surface area contributed by atoms with Crippen molar-refractivity contribution >= 4 is 23.2 Å². The molecule has 2 aliphatic rings. The van der Waals surface area contributed by atoms with Gasteiger partial charge in [-0.25, -0.2) is 8.78 Å². The van der Waals surface area contributed by atoms with Crippen LogP contribution in [0.3, 0.4) is 0 Å². The lowest BCUT2D eigenvalue weighted by molar-refractivity contribution is -0.128. The number of carbonyl (C=O) groups is 2. The number of nitrogens with zero attached hydrogens (tertiary/aromatic N) is 2. The van der Waals surface area contributed by atoms with Gasteiger partial charge in [0.25, 0.3) is 0 Å². The lowest BCUT2D eigenvalue weighted by atomic mass is 9.68. The smallest absolute Gasteiger partial charge is 0.185 e. The Bertz CT molecular complexity index is 1390. The molecule has 9 heteroatoms. The van der Waals surface area contributed by atoms with E-state index in [1.807, 2.05) is 38.1 Å². The number of carbonyl (C=O) groups excluding carboxylic acids is 2. The molecule has 2 aliphatic heterocycles. The molecule has 0 atom stereocenters. The van der Waals surface area contributed by atoms with Gasteiger partial charge in [-0.15, -0.1) is 0 Å². The zero-order valence-electron chi connectivity index (χ0n) is 22.7. The van der Waals surface area contributed by atoms with E-state index in [9.17, 15) is 18.4 Å². The van der Waals surface area contributed by atoms with Crippen molar-refractivity contribution in [2.45, 2.75) is 57.4 Å². The lowest BCUT2D eigenvalue weighted by Gasteiger charge is -2.54. The van der Waals surface area contributed by atoms with Crippen molar-refractivity contribution in [1.82, 2.24) is 10.1 Å². The van der Waals surface area contributed by atoms with E-state index in [-0.39, 0.29) is 41.4 Å². The summed E-state index contributed by atoms with van der Waals surface area (Å²) in [5.41, 5.74) is 0.123. The van der Waals surface area contributed by atoms with Gasteiger partial charge in [0.05, 0.1) is 5.56 Å². The van der Waals surface area contributed by atoms with Gasteiger partial charge in [0, 0.05) is 74.2 Å². The largest absolute Gasteiger partial charge is 0.381 e. The van der Waals surface area contributed by atoms with Crippen molar-refractivity contribution in [1.29, 1.82) is 0 Å². The van der Waals surface area contributed by atoms with Gasteiger partial charge in [0.1, 0.15) is 23.1 Å². The highest BCUT2D eigenvalue weighted by atomic mass is 35.5. The monoisotopic (exact) mass is 570 g/mol. The molecule has 0 spiro atoms. The quantitative estimate of drug-likeness (QED) is 0.254. The highest BCUT2D eigenvalue weighted by molar-refractivity contribution is 6.30. The van der Waals surface area contributed by atoms with Crippen LogP contribution in [-0.2, 0) is 14.9 Å². The van der Waals surface area contributed by atoms with Crippen LogP contribution in [-0.4, -0.2) is 54.0 Å². The molecule has 2 aromatic carbocycles. The molecule has 0 radical (unpaired) electrons. The highest BCUT2D eigenvalue weighted by Gasteiger charge is 2.48. The Hall–Kier alpha value is -2.94. The number of rotatable bonds is 10. The molecular formula is C31H33ClF2N2O4. The zero-order valence-corrected chi connectivity index (χ0v) is 23.5. The molecule has 1 aromatic heterocycles. The number of halogens is 3. The summed E-state index contributed by atoms with van der Waals surface area (Å²) >= 11 is 6.20. The van der Waals surface area contributed by atoms with E-state index in [2.05, 4.69) is 10.1 Å². The van der Waals surface area contributed by atoms with Gasteiger partial charge in [-0.1, -0.05) is 42.7 Å². The van der Waals surface area contributed by atoms with E-state index < -0.39 is 22.5 Å². The van der Waals surface area contributed by atoms with E-state index in [0.29, 0.717) is 43.8 Å². The number of benzene rings is 2. The molecule has 2 fully saturated rings. The molecule has 0 aliphatic carbocycles. The van der Waals surface area contributed by atoms with Crippen molar-refractivity contribution in [2.24, 2.45) is 5.41 Å². The Balaban J connectivity index is 1.31. The van der Waals surface area contributed by atoms with E-state index >= 15 is 0 Å². The summed E-state index contributed by atoms with van der Waals surface area (Å²) in [5.74, 6) is -1.65. The van der Waals surface area contributed by atoms with E-state index in [0.717, 1.165) is 30.5 Å². The SMILES string of the molecule is CC(C)(CC(=O)CC1(CC(=O)c2cc(-c3ccc(F)cc3F)on2)CN(C2CCOCC2)C1)c1cccc(Cl)c1. The number of ether oxygens (including phenoxy) is 1. The second kappa shape index (κ2) is 11.5. The first-order chi connectivity index (χ1) is 19.0. The molecule has 0 bridgehead atoms. The fourth-order valence-corrected chi connectivity index (χ4v) is 6.24. The fourth-order valence-electron chi connectivity index (χ4n) is 6.05. The van der Waals surface area contributed by atoms with E-state index in [1.165, 1.54) is 12.1 Å². The highest BCUT2D eigenvalue weighted by Crippen LogP contribution is 2.43. The van der Waals surface area contributed by atoms with Crippen LogP contribution in [0.1, 0.15) is 62.0 Å². The molecular weight excluding hydrogens is 538 g/mol. The number of hydrogen-bond donors (Lipinski definition) is 0. The van der Waals surface area contributed by atoms with Crippen LogP contribution in [0.15, 0.2) is 53.1 Å². The van der Waals surface area contributed by atoms with Crippen molar-refractivity contribution in [3.63, 3.8) is 0 Å². The van der Waals surface area contributed by atoms with Crippen LogP contribution in [0.2, 0.25) is 5.02 Å². The molecule has 5 rings (SSSR count). The van der Waals surface area contributed by atoms with E-state index in [1.54, 1.807) is 0 Å². The topological polar surface area (TPSA) is 72.6 Å². The minimum Gasteiger partial charge on any atom is -0.381 e. The first-order valence-corrected chi connectivity index (χ1v) is 14.0. The number of ketones is 2. The van der Waals surface area contributed by atoms with E-state index in [4.69, 9.17) is 20.9 Å². The minimum atomic E-state index is -0.800. The normalized spacial score (nSPS) is 17.9. The van der Waals surface area contributed by atoms with Gasteiger partial charge in [0.2, 0.25) is 0 Å². The third-order valence-corrected chi connectivity index (χ3v) is 8.36. The van der Waals surface area contributed by atoms with Crippen molar-refractivity contribution in [3.8, 4) is 11.3 Å². The first-order valence-electron chi connectivity index (χ1n) is 13.6. The molecule has 6 nitrogen and oxygen atoms in total. The molecule has 0 saturated carbocycles. The van der Waals surface area contributed by atoms with Crippen molar-refractivity contribution in [2.75, 3.05) is 26.3 Å². The summed E-state index contributed by atoms with van der Waals surface area (Å²) in [6.45, 7) is 6.72. The van der Waals surface area contributed by atoms with Gasteiger partial charge in [-0.05, 0) is 48.1 Å². The molecule has 2 saturated heterocycles. The maximum absolute atomic E-state index is 14.3. The number of Topliss-reactive ketones (excluding diaryl/α,β-unsaturated/α-hetero) is 2. The molecule has 40 heavy (non-hydrogen) atoms. The van der Waals surface area contributed by atoms with Crippen LogP contribution < -0.4 is 0 Å². The van der Waals surface area contributed by atoms with Gasteiger partial charge in [0.15, 0.2) is 11.5 Å². The molecule has 3 aromatic rings. The summed E-state index contributed by atoms with van der Waals surface area (Å²) < 4.78 is 38.3. The first kappa shape index (κ1) is 28.6. The molecule has 0 N–H and O–H groups in total. The summed E-state index contributed by atoms with van der Waals surface area (Å²) in [4.78, 5) is 29.2. The van der Waals surface area contributed by atoms with Gasteiger partial charge in [-0.2, -0.15) is 0 Å². The number of likely N-dealkylation sites (tertiary alicyclic amines) is 1. The Morgan fingerprint density at radius 1 is 1.07 bits per heavy atom. The molecule has 0 amide bonds. The third-order valence-electron chi connectivity index (χ3n) is 8.13. The molecule has 0 unspecified atom stereocenters. The van der Waals surface area contributed by atoms with Crippen LogP contribution in [0.4, 0.5) is 8.78 Å². The van der Waals surface area contributed by atoms with Crippen LogP contribution in [0.25, 0.3) is 11.3 Å².